The van der Waals surface area contributed by atoms with Gasteiger partial charge in [-0.3, -0.25) is 9.69 Å². The first kappa shape index (κ1) is 25.9. The minimum atomic E-state index is -0.348. The van der Waals surface area contributed by atoms with Crippen LogP contribution in [-0.2, 0) is 22.7 Å². The lowest BCUT2D eigenvalue weighted by molar-refractivity contribution is -0.132. The summed E-state index contributed by atoms with van der Waals surface area (Å²) in [6, 6.07) is 15.9. The molecular formula is C23H29Cl2N3O4. The Morgan fingerprint density at radius 3 is 2.38 bits per heavy atom. The van der Waals surface area contributed by atoms with Crippen molar-refractivity contribution >= 4 is 36.7 Å². The molecule has 7 nitrogen and oxygen atoms in total. The predicted molar refractivity (Wildman–Crippen MR) is 126 cm³/mol. The molecule has 2 atom stereocenters. The normalized spacial score (nSPS) is 19.1. The highest BCUT2D eigenvalue weighted by molar-refractivity contribution is 5.89. The largest absolute Gasteiger partial charge is 0.489 e. The molecule has 4 rings (SSSR count). The number of nitrogens with two attached hydrogens (primary N) is 1. The van der Waals surface area contributed by atoms with Crippen molar-refractivity contribution in [3.8, 4) is 5.75 Å². The third-order valence-electron chi connectivity index (χ3n) is 5.96. The summed E-state index contributed by atoms with van der Waals surface area (Å²) < 4.78 is 10.8. The summed E-state index contributed by atoms with van der Waals surface area (Å²) in [4.78, 5) is 27.9. The van der Waals surface area contributed by atoms with E-state index < -0.39 is 0 Å². The molecule has 2 fully saturated rings. The highest BCUT2D eigenvalue weighted by atomic mass is 35.5. The van der Waals surface area contributed by atoms with Gasteiger partial charge in [0.2, 0.25) is 5.91 Å². The molecule has 9 heteroatoms. The molecular weight excluding hydrogens is 453 g/mol. The fourth-order valence-electron chi connectivity index (χ4n) is 4.38. The molecule has 2 aliphatic rings. The lowest BCUT2D eigenvalue weighted by Crippen LogP contribution is -2.50. The van der Waals surface area contributed by atoms with Crippen molar-refractivity contribution in [3.05, 3.63) is 65.2 Å². The van der Waals surface area contributed by atoms with Crippen LogP contribution in [0.5, 0.6) is 5.75 Å². The summed E-state index contributed by atoms with van der Waals surface area (Å²) in [6.07, 6.45) is 1.02. The number of carbonyl (C=O) groups excluding carboxylic acids is 2. The molecule has 2 saturated heterocycles. The molecule has 0 radical (unpaired) electrons. The lowest BCUT2D eigenvalue weighted by Gasteiger charge is -2.34. The molecule has 2 heterocycles. The monoisotopic (exact) mass is 481 g/mol. The van der Waals surface area contributed by atoms with E-state index in [-0.39, 0.29) is 49.3 Å². The number of hydrogen-bond acceptors (Lipinski definition) is 6. The number of piperazine rings is 1. The Morgan fingerprint density at radius 1 is 1.03 bits per heavy atom. The lowest BCUT2D eigenvalue weighted by atomic mass is 10.1. The Balaban J connectivity index is 0.00000181. The number of amides is 1. The second kappa shape index (κ2) is 11.5. The summed E-state index contributed by atoms with van der Waals surface area (Å²) in [5, 5.41) is 0. The Hall–Kier alpha value is -2.32. The van der Waals surface area contributed by atoms with E-state index in [9.17, 15) is 9.59 Å². The van der Waals surface area contributed by atoms with E-state index in [1.807, 2.05) is 35.2 Å². The highest BCUT2D eigenvalue weighted by Crippen LogP contribution is 2.33. The molecule has 32 heavy (non-hydrogen) atoms. The van der Waals surface area contributed by atoms with Crippen molar-refractivity contribution in [1.29, 1.82) is 0 Å². The van der Waals surface area contributed by atoms with Gasteiger partial charge in [-0.1, -0.05) is 30.3 Å². The number of ether oxygens (including phenoxy) is 2. The molecule has 2 aromatic rings. The fourth-order valence-corrected chi connectivity index (χ4v) is 4.38. The molecule has 0 aliphatic carbocycles. The van der Waals surface area contributed by atoms with E-state index in [2.05, 4.69) is 11.0 Å². The van der Waals surface area contributed by atoms with Gasteiger partial charge in [0.25, 0.3) is 0 Å². The smallest absolute Gasteiger partial charge is 0.337 e. The maximum Gasteiger partial charge on any atom is 0.337 e. The van der Waals surface area contributed by atoms with E-state index in [4.69, 9.17) is 15.2 Å². The number of hydrogen-bond donors (Lipinski definition) is 1. The average molecular weight is 482 g/mol. The van der Waals surface area contributed by atoms with Crippen LogP contribution in [0.2, 0.25) is 0 Å². The van der Waals surface area contributed by atoms with E-state index in [1.54, 1.807) is 12.1 Å². The minimum absolute atomic E-state index is 0. The van der Waals surface area contributed by atoms with Gasteiger partial charge in [-0.05, 0) is 30.2 Å². The second-order valence-electron chi connectivity index (χ2n) is 7.81. The number of carbonyl (C=O) groups is 2. The number of esters is 1. The van der Waals surface area contributed by atoms with Crippen LogP contribution in [0.3, 0.4) is 0 Å². The zero-order valence-electron chi connectivity index (χ0n) is 17.9. The summed E-state index contributed by atoms with van der Waals surface area (Å²) in [6.45, 7) is 2.93. The quantitative estimate of drug-likeness (QED) is 0.611. The molecule has 0 spiro atoms. The maximum atomic E-state index is 12.0. The maximum absolute atomic E-state index is 12.0. The third kappa shape index (κ3) is 5.53. The van der Waals surface area contributed by atoms with Crippen molar-refractivity contribution in [1.82, 2.24) is 9.80 Å². The molecule has 2 bridgehead atoms. The second-order valence-corrected chi connectivity index (χ2v) is 7.81. The van der Waals surface area contributed by atoms with Gasteiger partial charge < -0.3 is 20.1 Å². The Morgan fingerprint density at radius 2 is 1.75 bits per heavy atom. The zero-order valence-corrected chi connectivity index (χ0v) is 19.6. The van der Waals surface area contributed by atoms with Crippen LogP contribution in [0.15, 0.2) is 48.5 Å². The van der Waals surface area contributed by atoms with Crippen molar-refractivity contribution in [2.24, 2.45) is 5.73 Å². The van der Waals surface area contributed by atoms with Crippen LogP contribution in [-0.4, -0.2) is 60.5 Å². The molecule has 2 N–H and O–H groups in total. The fraction of sp³-hybridized carbons (Fsp3) is 0.391. The van der Waals surface area contributed by atoms with Gasteiger partial charge in [-0.25, -0.2) is 4.79 Å². The molecule has 0 saturated carbocycles. The Kier molecular flexibility index (Phi) is 9.33. The van der Waals surface area contributed by atoms with Crippen molar-refractivity contribution in [2.75, 3.05) is 26.7 Å². The van der Waals surface area contributed by atoms with Crippen LogP contribution in [0.25, 0.3) is 0 Å². The standard InChI is InChI=1S/C23H27N3O4.2ClH/c1-29-23(28)17-8-6-16(7-9-17)15-30-21-5-3-2-4-18(21)12-25-13-20-10-19(25)14-26(20)22(27)11-24;;/h2-9,19-20H,10-15,24H2,1H3;2*1H. The number of methoxy groups -OCH3 is 1. The summed E-state index contributed by atoms with van der Waals surface area (Å²) >= 11 is 0. The number of para-hydroxylation sites is 1. The van der Waals surface area contributed by atoms with Crippen LogP contribution in [0.4, 0.5) is 0 Å². The number of halogens is 2. The van der Waals surface area contributed by atoms with Gasteiger partial charge in [-0.2, -0.15) is 0 Å². The van der Waals surface area contributed by atoms with Gasteiger partial charge in [0.1, 0.15) is 12.4 Å². The van der Waals surface area contributed by atoms with Crippen LogP contribution >= 0.6 is 24.8 Å². The van der Waals surface area contributed by atoms with Crippen molar-refractivity contribution < 1.29 is 19.1 Å². The van der Waals surface area contributed by atoms with Gasteiger partial charge in [-0.15, -0.1) is 24.8 Å². The van der Waals surface area contributed by atoms with Gasteiger partial charge in [0.05, 0.1) is 19.2 Å². The number of likely N-dealkylation sites (tertiary alicyclic amines) is 2. The van der Waals surface area contributed by atoms with Gasteiger partial charge >= 0.3 is 5.97 Å². The first-order valence-electron chi connectivity index (χ1n) is 10.2. The first-order chi connectivity index (χ1) is 14.6. The van der Waals surface area contributed by atoms with E-state index >= 15 is 0 Å². The van der Waals surface area contributed by atoms with Crippen LogP contribution in [0, 0.1) is 0 Å². The van der Waals surface area contributed by atoms with Crippen LogP contribution < -0.4 is 10.5 Å². The Bertz CT molecular complexity index is 926. The topological polar surface area (TPSA) is 85.1 Å². The molecule has 174 valence electrons. The minimum Gasteiger partial charge on any atom is -0.489 e. The molecule has 1 amide bonds. The van der Waals surface area contributed by atoms with E-state index in [1.165, 1.54) is 7.11 Å². The number of benzene rings is 2. The van der Waals surface area contributed by atoms with Crippen LogP contribution in [0.1, 0.15) is 27.9 Å². The summed E-state index contributed by atoms with van der Waals surface area (Å²) in [5.41, 5.74) is 8.16. The van der Waals surface area contributed by atoms with E-state index in [0.717, 1.165) is 42.9 Å². The molecule has 2 aliphatic heterocycles. The van der Waals surface area contributed by atoms with Crippen molar-refractivity contribution in [3.63, 3.8) is 0 Å². The summed E-state index contributed by atoms with van der Waals surface area (Å²) in [7, 11) is 1.37. The molecule has 2 aromatic carbocycles. The van der Waals surface area contributed by atoms with Gasteiger partial charge in [0.15, 0.2) is 0 Å². The Labute approximate surface area is 200 Å². The predicted octanol–water partition coefficient (Wildman–Crippen LogP) is 2.64. The SMILES string of the molecule is COC(=O)c1ccc(COc2ccccc2CN2CC3CC2CN3C(=O)CN)cc1.Cl.Cl. The van der Waals surface area contributed by atoms with Crippen molar-refractivity contribution in [2.45, 2.75) is 31.7 Å². The number of fused-ring (bicyclic) bond motifs is 2. The summed E-state index contributed by atoms with van der Waals surface area (Å²) in [5.74, 6) is 0.552. The average Bonchev–Trinajstić information content (AvgIpc) is 3.38. The first-order valence-corrected chi connectivity index (χ1v) is 10.2. The van der Waals surface area contributed by atoms with Gasteiger partial charge in [0, 0.05) is 37.3 Å². The zero-order chi connectivity index (χ0) is 21.1. The highest BCUT2D eigenvalue weighted by Gasteiger charge is 2.44. The number of nitrogens with zero attached hydrogens (tertiary/aromatic N) is 2. The number of rotatable bonds is 7. The molecule has 0 aromatic heterocycles. The molecule has 2 unspecified atom stereocenters. The third-order valence-corrected chi connectivity index (χ3v) is 5.96. The van der Waals surface area contributed by atoms with E-state index in [0.29, 0.717) is 18.2 Å².